The van der Waals surface area contributed by atoms with Gasteiger partial charge in [0.1, 0.15) is 5.78 Å². The molecule has 1 aromatic carbocycles. The third-order valence-corrected chi connectivity index (χ3v) is 9.22. The van der Waals surface area contributed by atoms with E-state index in [1.807, 2.05) is 6.92 Å². The molecule has 3 saturated carbocycles. The van der Waals surface area contributed by atoms with E-state index in [2.05, 4.69) is 9.93 Å². The zero-order chi connectivity index (χ0) is 22.0. The Labute approximate surface area is 187 Å². The minimum Gasteiger partial charge on any atom is -0.300 e. The molecule has 3 fully saturated rings. The van der Waals surface area contributed by atoms with Crippen LogP contribution in [0.15, 0.2) is 34.3 Å². The van der Waals surface area contributed by atoms with E-state index in [0.717, 1.165) is 49.8 Å². The fourth-order valence-electron chi connectivity index (χ4n) is 6.38. The minimum absolute atomic E-state index is 0.0165. The molecule has 0 saturated heterocycles. The molecule has 170 valence electrons. The standard InChI is InChI=1S/C25H36N2O3S/c1-20-10-12-23(13-11-20)31(29,30)27-26-21-16-24-14-8-6-4-2-3-5-7-9-15-25(24,17-21)19-22(28)18-24/h10-13,27H,2-9,14-19H2,1H3/t24-,25-/m1/s1. The van der Waals surface area contributed by atoms with Crippen LogP contribution in [-0.2, 0) is 14.8 Å². The lowest BCUT2D eigenvalue weighted by Gasteiger charge is -2.40. The second-order valence-corrected chi connectivity index (χ2v) is 11.9. The SMILES string of the molecule is Cc1ccc(S(=O)(=O)NN=C2C[C@@]34CCCCCCCCCC[C@]3(CC(=O)C4)C2)cc1. The van der Waals surface area contributed by atoms with Gasteiger partial charge in [0.05, 0.1) is 4.90 Å². The summed E-state index contributed by atoms with van der Waals surface area (Å²) in [5.74, 6) is 0.397. The Kier molecular flexibility index (Phi) is 6.57. The van der Waals surface area contributed by atoms with Gasteiger partial charge in [-0.15, -0.1) is 0 Å². The molecule has 1 aromatic rings. The summed E-state index contributed by atoms with van der Waals surface area (Å²) in [6, 6.07) is 6.82. The highest BCUT2D eigenvalue weighted by Crippen LogP contribution is 2.65. The van der Waals surface area contributed by atoms with Crippen LogP contribution in [0.2, 0.25) is 0 Å². The quantitative estimate of drug-likeness (QED) is 0.610. The van der Waals surface area contributed by atoms with Crippen LogP contribution in [0.1, 0.15) is 95.5 Å². The van der Waals surface area contributed by atoms with Crippen molar-refractivity contribution in [2.45, 2.75) is 102 Å². The van der Waals surface area contributed by atoms with Crippen LogP contribution in [0, 0.1) is 17.8 Å². The maximum atomic E-state index is 12.7. The lowest BCUT2D eigenvalue weighted by molar-refractivity contribution is -0.118. The number of nitrogens with zero attached hydrogens (tertiary/aromatic N) is 1. The number of nitrogens with one attached hydrogen (secondary N) is 1. The summed E-state index contributed by atoms with van der Waals surface area (Å²) in [5, 5.41) is 4.43. The number of ketones is 1. The third-order valence-electron chi connectivity index (χ3n) is 8.00. The van der Waals surface area contributed by atoms with Gasteiger partial charge in [0, 0.05) is 18.6 Å². The predicted octanol–water partition coefficient (Wildman–Crippen LogP) is 5.67. The number of aryl methyl sites for hydroxylation is 1. The molecule has 0 bridgehead atoms. The summed E-state index contributed by atoms with van der Waals surface area (Å²) < 4.78 is 25.4. The van der Waals surface area contributed by atoms with Crippen molar-refractivity contribution < 1.29 is 13.2 Å². The molecule has 2 atom stereocenters. The van der Waals surface area contributed by atoms with E-state index in [1.54, 1.807) is 24.3 Å². The molecule has 0 unspecified atom stereocenters. The molecular weight excluding hydrogens is 408 g/mol. The van der Waals surface area contributed by atoms with Gasteiger partial charge in [0.2, 0.25) is 0 Å². The van der Waals surface area contributed by atoms with Gasteiger partial charge >= 0.3 is 0 Å². The van der Waals surface area contributed by atoms with Crippen LogP contribution in [0.25, 0.3) is 0 Å². The Hall–Kier alpha value is -1.69. The van der Waals surface area contributed by atoms with Crippen molar-refractivity contribution in [1.82, 2.24) is 4.83 Å². The van der Waals surface area contributed by atoms with Crippen LogP contribution in [0.4, 0.5) is 0 Å². The van der Waals surface area contributed by atoms with Gasteiger partial charge in [0.15, 0.2) is 0 Å². The van der Waals surface area contributed by atoms with E-state index in [9.17, 15) is 13.2 Å². The molecule has 0 aromatic heterocycles. The average Bonchev–Trinajstić information content (AvgIpc) is 3.13. The highest BCUT2D eigenvalue weighted by molar-refractivity contribution is 7.89. The fraction of sp³-hybridized carbons (Fsp3) is 0.680. The van der Waals surface area contributed by atoms with E-state index in [0.29, 0.717) is 18.6 Å². The highest BCUT2D eigenvalue weighted by Gasteiger charge is 2.61. The van der Waals surface area contributed by atoms with E-state index < -0.39 is 10.0 Å². The molecule has 4 rings (SSSR count). The number of carbonyl (C=O) groups is 1. The number of hydrogen-bond donors (Lipinski definition) is 1. The van der Waals surface area contributed by atoms with Gasteiger partial charge in [-0.1, -0.05) is 69.1 Å². The molecule has 5 nitrogen and oxygen atoms in total. The molecule has 0 spiro atoms. The van der Waals surface area contributed by atoms with E-state index in [4.69, 9.17) is 0 Å². The summed E-state index contributed by atoms with van der Waals surface area (Å²) in [4.78, 5) is 15.4. The number of sulfonamides is 1. The van der Waals surface area contributed by atoms with Crippen LogP contribution < -0.4 is 4.83 Å². The average molecular weight is 445 g/mol. The van der Waals surface area contributed by atoms with Gasteiger partial charge in [0.25, 0.3) is 10.0 Å². The van der Waals surface area contributed by atoms with Gasteiger partial charge in [-0.3, -0.25) is 4.79 Å². The molecule has 0 heterocycles. The lowest BCUT2D eigenvalue weighted by atomic mass is 9.63. The molecule has 3 aliphatic carbocycles. The van der Waals surface area contributed by atoms with E-state index in [-0.39, 0.29) is 15.7 Å². The Morgan fingerprint density at radius 2 is 1.26 bits per heavy atom. The minimum atomic E-state index is -3.68. The van der Waals surface area contributed by atoms with Gasteiger partial charge in [-0.2, -0.15) is 13.5 Å². The van der Waals surface area contributed by atoms with Crippen molar-refractivity contribution in [2.24, 2.45) is 15.9 Å². The van der Waals surface area contributed by atoms with Gasteiger partial charge < -0.3 is 0 Å². The fourth-order valence-corrected chi connectivity index (χ4v) is 7.23. The molecular formula is C25H36N2O3S. The number of hydrogen-bond acceptors (Lipinski definition) is 4. The summed E-state index contributed by atoms with van der Waals surface area (Å²) in [6.07, 6.45) is 15.0. The largest absolute Gasteiger partial charge is 0.300 e. The van der Waals surface area contributed by atoms with Crippen molar-refractivity contribution >= 4 is 21.5 Å². The summed E-state index contributed by atoms with van der Waals surface area (Å²) in [5.41, 5.74) is 1.92. The smallest absolute Gasteiger partial charge is 0.276 e. The van der Waals surface area contributed by atoms with Crippen LogP contribution in [-0.4, -0.2) is 19.9 Å². The molecule has 1 N–H and O–H groups in total. The number of Topliss-reactive ketones (excluding diaryl/α,β-unsaturated/α-hetero) is 1. The maximum absolute atomic E-state index is 12.7. The lowest BCUT2D eigenvalue weighted by Crippen LogP contribution is -2.32. The van der Waals surface area contributed by atoms with Crippen molar-refractivity contribution in [1.29, 1.82) is 0 Å². The van der Waals surface area contributed by atoms with Crippen molar-refractivity contribution in [2.75, 3.05) is 0 Å². The summed E-state index contributed by atoms with van der Waals surface area (Å²) in [7, 11) is -3.68. The molecule has 0 amide bonds. The van der Waals surface area contributed by atoms with Gasteiger partial charge in [-0.25, -0.2) is 4.83 Å². The Balaban J connectivity index is 1.56. The normalized spacial score (nSPS) is 30.1. The maximum Gasteiger partial charge on any atom is 0.276 e. The summed E-state index contributed by atoms with van der Waals surface area (Å²) >= 11 is 0. The van der Waals surface area contributed by atoms with Crippen LogP contribution in [0.5, 0.6) is 0 Å². The first-order chi connectivity index (χ1) is 14.8. The monoisotopic (exact) mass is 444 g/mol. The first-order valence-corrected chi connectivity index (χ1v) is 13.5. The Morgan fingerprint density at radius 1 is 0.774 bits per heavy atom. The summed E-state index contributed by atoms with van der Waals surface area (Å²) in [6.45, 7) is 1.93. The van der Waals surface area contributed by atoms with Crippen molar-refractivity contribution in [3.05, 3.63) is 29.8 Å². The molecule has 31 heavy (non-hydrogen) atoms. The van der Waals surface area contributed by atoms with E-state index in [1.165, 1.54) is 38.5 Å². The highest BCUT2D eigenvalue weighted by atomic mass is 32.2. The van der Waals surface area contributed by atoms with Crippen LogP contribution >= 0.6 is 0 Å². The Bertz CT molecular complexity index is 904. The number of rotatable bonds is 3. The zero-order valence-corrected chi connectivity index (χ0v) is 19.6. The second kappa shape index (κ2) is 9.05. The molecule has 0 radical (unpaired) electrons. The second-order valence-electron chi connectivity index (χ2n) is 10.2. The van der Waals surface area contributed by atoms with Crippen molar-refractivity contribution in [3.63, 3.8) is 0 Å². The number of hydrazone groups is 1. The topological polar surface area (TPSA) is 75.6 Å². The number of benzene rings is 1. The first-order valence-electron chi connectivity index (χ1n) is 12.0. The van der Waals surface area contributed by atoms with Crippen LogP contribution in [0.3, 0.4) is 0 Å². The van der Waals surface area contributed by atoms with Crippen molar-refractivity contribution in [3.8, 4) is 0 Å². The molecule has 3 aliphatic rings. The molecule has 0 aliphatic heterocycles. The Morgan fingerprint density at radius 3 is 1.77 bits per heavy atom. The molecule has 6 heteroatoms. The third kappa shape index (κ3) is 4.74. The number of carbonyl (C=O) groups excluding carboxylic acids is 1. The van der Waals surface area contributed by atoms with Gasteiger partial charge in [-0.05, 0) is 55.6 Å². The zero-order valence-electron chi connectivity index (χ0n) is 18.8. The van der Waals surface area contributed by atoms with E-state index >= 15 is 0 Å². The first kappa shape index (κ1) is 22.5. The predicted molar refractivity (Wildman–Crippen MR) is 123 cm³/mol.